The summed E-state index contributed by atoms with van der Waals surface area (Å²) in [6.07, 6.45) is 2.38. The number of ether oxygens (including phenoxy) is 1. The molecule has 0 spiro atoms. The van der Waals surface area contributed by atoms with Crippen LogP contribution in [0.1, 0.15) is 26.7 Å². The van der Waals surface area contributed by atoms with Gasteiger partial charge < -0.3 is 4.74 Å². The lowest BCUT2D eigenvalue weighted by Gasteiger charge is -2.13. The molecule has 1 nitrogen and oxygen atoms in total. The summed E-state index contributed by atoms with van der Waals surface area (Å²) >= 11 is 3.40. The normalized spacial score (nSPS) is 10.6. The van der Waals surface area contributed by atoms with E-state index in [-0.39, 0.29) is 0 Å². The van der Waals surface area contributed by atoms with Gasteiger partial charge in [0.25, 0.3) is 0 Å². The van der Waals surface area contributed by atoms with Crippen molar-refractivity contribution in [2.45, 2.75) is 26.7 Å². The van der Waals surface area contributed by atoms with Crippen molar-refractivity contribution in [3.63, 3.8) is 0 Å². The molecule has 0 fully saturated rings. The molecule has 0 radical (unpaired) electrons. The molecule has 0 saturated carbocycles. The lowest BCUT2D eigenvalue weighted by atomic mass is 10.1. The zero-order chi connectivity index (χ0) is 10.4. The highest BCUT2D eigenvalue weighted by molar-refractivity contribution is 9.10. The molecule has 0 N–H and O–H groups in total. The van der Waals surface area contributed by atoms with Crippen LogP contribution in [0.5, 0.6) is 5.75 Å². The number of rotatable bonds is 5. The van der Waals surface area contributed by atoms with Gasteiger partial charge in [-0.05, 0) is 30.2 Å². The van der Waals surface area contributed by atoms with Crippen LogP contribution in [0, 0.1) is 5.92 Å². The van der Waals surface area contributed by atoms with Crippen molar-refractivity contribution in [2.24, 2.45) is 5.92 Å². The monoisotopic (exact) mass is 256 g/mol. The van der Waals surface area contributed by atoms with Gasteiger partial charge in [-0.1, -0.05) is 42.6 Å². The number of hydrogen-bond acceptors (Lipinski definition) is 1. The third-order valence-electron chi connectivity index (χ3n) is 2.45. The second-order valence-corrected chi connectivity index (χ2v) is 4.36. The molecule has 0 saturated heterocycles. The fourth-order valence-electron chi connectivity index (χ4n) is 1.27. The maximum Gasteiger partial charge on any atom is 0.119 e. The quantitative estimate of drug-likeness (QED) is 0.765. The minimum atomic E-state index is 0.679. The van der Waals surface area contributed by atoms with Crippen LogP contribution in [0.3, 0.4) is 0 Å². The van der Waals surface area contributed by atoms with Gasteiger partial charge in [-0.15, -0.1) is 0 Å². The van der Waals surface area contributed by atoms with E-state index in [0.29, 0.717) is 5.92 Å². The predicted octanol–water partition coefficient (Wildman–Crippen LogP) is 4.26. The maximum absolute atomic E-state index is 5.68. The molecule has 0 heterocycles. The Balaban J connectivity index is 2.41. The topological polar surface area (TPSA) is 9.23 Å². The molecule has 0 atom stereocenters. The Kier molecular flexibility index (Phi) is 5.02. The summed E-state index contributed by atoms with van der Waals surface area (Å²) in [5.74, 6) is 1.64. The van der Waals surface area contributed by atoms with E-state index in [1.165, 1.54) is 12.8 Å². The molecule has 14 heavy (non-hydrogen) atoms. The van der Waals surface area contributed by atoms with Crippen molar-refractivity contribution in [2.75, 3.05) is 6.61 Å². The van der Waals surface area contributed by atoms with E-state index in [0.717, 1.165) is 16.8 Å². The van der Waals surface area contributed by atoms with E-state index in [2.05, 4.69) is 29.8 Å². The van der Waals surface area contributed by atoms with E-state index in [1.807, 2.05) is 24.3 Å². The van der Waals surface area contributed by atoms with Crippen LogP contribution < -0.4 is 4.74 Å². The standard InChI is InChI=1S/C12H17BrO/c1-3-10(4-2)9-14-12-7-5-11(13)6-8-12/h5-8,10H,3-4,9H2,1-2H3. The molecule has 78 valence electrons. The maximum atomic E-state index is 5.68. The molecule has 0 aliphatic heterocycles. The fourth-order valence-corrected chi connectivity index (χ4v) is 1.53. The Morgan fingerprint density at radius 2 is 1.71 bits per heavy atom. The van der Waals surface area contributed by atoms with Gasteiger partial charge in [0.2, 0.25) is 0 Å². The second-order valence-electron chi connectivity index (χ2n) is 3.45. The first-order valence-corrected chi connectivity index (χ1v) is 5.94. The van der Waals surface area contributed by atoms with Gasteiger partial charge in [0.05, 0.1) is 6.61 Å². The van der Waals surface area contributed by atoms with Crippen LogP contribution >= 0.6 is 15.9 Å². The minimum Gasteiger partial charge on any atom is -0.493 e. The Morgan fingerprint density at radius 1 is 1.14 bits per heavy atom. The third-order valence-corrected chi connectivity index (χ3v) is 2.98. The highest BCUT2D eigenvalue weighted by Crippen LogP contribution is 2.17. The average Bonchev–Trinajstić information content (AvgIpc) is 2.22. The lowest BCUT2D eigenvalue weighted by Crippen LogP contribution is -2.09. The molecule has 2 heteroatoms. The highest BCUT2D eigenvalue weighted by Gasteiger charge is 2.03. The van der Waals surface area contributed by atoms with Crippen LogP contribution in [0.25, 0.3) is 0 Å². The minimum absolute atomic E-state index is 0.679. The number of hydrogen-bond donors (Lipinski definition) is 0. The van der Waals surface area contributed by atoms with Crippen molar-refractivity contribution < 1.29 is 4.74 Å². The summed E-state index contributed by atoms with van der Waals surface area (Å²) in [6.45, 7) is 5.24. The van der Waals surface area contributed by atoms with Crippen LogP contribution in [0.2, 0.25) is 0 Å². The molecule has 0 aliphatic carbocycles. The van der Waals surface area contributed by atoms with Gasteiger partial charge >= 0.3 is 0 Å². The van der Waals surface area contributed by atoms with Crippen LogP contribution in [-0.4, -0.2) is 6.61 Å². The van der Waals surface area contributed by atoms with E-state index in [4.69, 9.17) is 4.74 Å². The summed E-state index contributed by atoms with van der Waals surface area (Å²) in [5, 5.41) is 0. The van der Waals surface area contributed by atoms with Crippen molar-refractivity contribution >= 4 is 15.9 Å². The smallest absolute Gasteiger partial charge is 0.119 e. The second kappa shape index (κ2) is 6.07. The Morgan fingerprint density at radius 3 is 2.21 bits per heavy atom. The van der Waals surface area contributed by atoms with Gasteiger partial charge in [-0.2, -0.15) is 0 Å². The summed E-state index contributed by atoms with van der Waals surface area (Å²) in [7, 11) is 0. The molecule has 1 aromatic carbocycles. The Bertz CT molecular complexity index is 252. The summed E-state index contributed by atoms with van der Waals surface area (Å²) in [4.78, 5) is 0. The Labute approximate surface area is 94.6 Å². The largest absolute Gasteiger partial charge is 0.493 e. The van der Waals surface area contributed by atoms with Crippen molar-refractivity contribution in [3.8, 4) is 5.75 Å². The molecule has 1 rings (SSSR count). The molecule has 0 aliphatic rings. The fraction of sp³-hybridized carbons (Fsp3) is 0.500. The first-order chi connectivity index (χ1) is 6.76. The summed E-state index contributed by atoms with van der Waals surface area (Å²) < 4.78 is 6.77. The summed E-state index contributed by atoms with van der Waals surface area (Å²) in [5.41, 5.74) is 0. The van der Waals surface area contributed by atoms with E-state index in [9.17, 15) is 0 Å². The lowest BCUT2D eigenvalue weighted by molar-refractivity contribution is 0.240. The van der Waals surface area contributed by atoms with Crippen LogP contribution in [0.15, 0.2) is 28.7 Å². The molecule has 0 unspecified atom stereocenters. The van der Waals surface area contributed by atoms with Crippen molar-refractivity contribution in [1.29, 1.82) is 0 Å². The van der Waals surface area contributed by atoms with E-state index >= 15 is 0 Å². The third kappa shape index (κ3) is 3.70. The van der Waals surface area contributed by atoms with Crippen LogP contribution in [0.4, 0.5) is 0 Å². The first kappa shape index (κ1) is 11.6. The van der Waals surface area contributed by atoms with Gasteiger partial charge in [-0.25, -0.2) is 0 Å². The van der Waals surface area contributed by atoms with Crippen molar-refractivity contribution in [3.05, 3.63) is 28.7 Å². The zero-order valence-corrected chi connectivity index (χ0v) is 10.4. The van der Waals surface area contributed by atoms with Crippen molar-refractivity contribution in [1.82, 2.24) is 0 Å². The van der Waals surface area contributed by atoms with Gasteiger partial charge in [0.15, 0.2) is 0 Å². The van der Waals surface area contributed by atoms with Crippen LogP contribution in [-0.2, 0) is 0 Å². The SMILES string of the molecule is CCC(CC)COc1ccc(Br)cc1. The summed E-state index contributed by atoms with van der Waals surface area (Å²) in [6, 6.07) is 7.99. The molecule has 0 bridgehead atoms. The predicted molar refractivity (Wildman–Crippen MR) is 63.7 cm³/mol. The van der Waals surface area contributed by atoms with E-state index < -0.39 is 0 Å². The van der Waals surface area contributed by atoms with E-state index in [1.54, 1.807) is 0 Å². The van der Waals surface area contributed by atoms with Gasteiger partial charge in [-0.3, -0.25) is 0 Å². The molecule has 0 aromatic heterocycles. The average molecular weight is 257 g/mol. The zero-order valence-electron chi connectivity index (χ0n) is 8.79. The highest BCUT2D eigenvalue weighted by atomic mass is 79.9. The Hall–Kier alpha value is -0.500. The molecular formula is C12H17BrO. The van der Waals surface area contributed by atoms with Gasteiger partial charge in [0, 0.05) is 4.47 Å². The number of benzene rings is 1. The van der Waals surface area contributed by atoms with Gasteiger partial charge in [0.1, 0.15) is 5.75 Å². The molecule has 1 aromatic rings. The molecular weight excluding hydrogens is 240 g/mol. The number of halogens is 1. The first-order valence-electron chi connectivity index (χ1n) is 5.14. The molecule has 0 amide bonds.